The maximum absolute atomic E-state index is 12.9. The Hall–Kier alpha value is -3.39. The predicted molar refractivity (Wildman–Crippen MR) is 132 cm³/mol. The van der Waals surface area contributed by atoms with Crippen molar-refractivity contribution in [1.82, 2.24) is 10.6 Å². The quantitative estimate of drug-likeness (QED) is 0.422. The van der Waals surface area contributed by atoms with E-state index in [0.717, 1.165) is 22.3 Å². The molecule has 35 heavy (non-hydrogen) atoms. The van der Waals surface area contributed by atoms with Gasteiger partial charge in [-0.3, -0.25) is 9.59 Å². The maximum Gasteiger partial charge on any atom is 0.407 e. The van der Waals surface area contributed by atoms with Gasteiger partial charge in [-0.2, -0.15) is 0 Å². The molecule has 1 aliphatic rings. The number of carbonyl (C=O) groups is 3. The molecular weight excluding hydrogens is 448 g/mol. The van der Waals surface area contributed by atoms with Gasteiger partial charge in [-0.25, -0.2) is 4.79 Å². The summed E-state index contributed by atoms with van der Waals surface area (Å²) >= 11 is 0. The highest BCUT2D eigenvalue weighted by Gasteiger charge is 2.31. The van der Waals surface area contributed by atoms with Gasteiger partial charge < -0.3 is 25.2 Å². The number of amides is 2. The number of fused-ring (bicyclic) bond motifs is 3. The molecule has 3 rings (SSSR count). The minimum Gasteiger partial charge on any atom is -0.481 e. The smallest absolute Gasteiger partial charge is 0.407 e. The average molecular weight is 483 g/mol. The lowest BCUT2D eigenvalue weighted by Gasteiger charge is -2.25. The van der Waals surface area contributed by atoms with Crippen LogP contribution in [0.25, 0.3) is 11.1 Å². The second-order valence-electron chi connectivity index (χ2n) is 8.75. The highest BCUT2D eigenvalue weighted by atomic mass is 16.5. The summed E-state index contributed by atoms with van der Waals surface area (Å²) in [5.74, 6) is -1.64. The number of carboxylic acid groups (broad SMARTS) is 1. The molecule has 2 aromatic carbocycles. The van der Waals surface area contributed by atoms with Gasteiger partial charge in [0, 0.05) is 19.1 Å². The van der Waals surface area contributed by atoms with Crippen molar-refractivity contribution in [3.05, 3.63) is 59.7 Å². The van der Waals surface area contributed by atoms with Crippen LogP contribution >= 0.6 is 0 Å². The third-order valence-electron chi connectivity index (χ3n) is 6.42. The molecule has 8 nitrogen and oxygen atoms in total. The van der Waals surface area contributed by atoms with E-state index in [-0.39, 0.29) is 31.4 Å². The summed E-state index contributed by atoms with van der Waals surface area (Å²) in [6.07, 6.45) is -0.874. The molecule has 1 aliphatic carbocycles. The molecule has 0 heterocycles. The summed E-state index contributed by atoms with van der Waals surface area (Å²) in [5, 5.41) is 14.5. The van der Waals surface area contributed by atoms with Crippen LogP contribution in [0.1, 0.15) is 50.7 Å². The number of carboxylic acids is 1. The number of hydrogen-bond acceptors (Lipinski definition) is 5. The van der Waals surface area contributed by atoms with Gasteiger partial charge in [0.25, 0.3) is 0 Å². The van der Waals surface area contributed by atoms with Crippen molar-refractivity contribution >= 4 is 18.0 Å². The van der Waals surface area contributed by atoms with Crippen molar-refractivity contribution in [3.63, 3.8) is 0 Å². The van der Waals surface area contributed by atoms with E-state index in [1.807, 2.05) is 50.2 Å². The van der Waals surface area contributed by atoms with E-state index < -0.39 is 30.1 Å². The SMILES string of the molecule is CCOC(CNC(=O)[C@@H](NC(=O)OCC1c2ccccc2-c2ccccc21)[C@@H](C)CC)CC(=O)O. The van der Waals surface area contributed by atoms with Gasteiger partial charge in [-0.05, 0) is 35.1 Å². The highest BCUT2D eigenvalue weighted by molar-refractivity contribution is 5.86. The number of benzene rings is 2. The Morgan fingerprint density at radius 3 is 2.14 bits per heavy atom. The van der Waals surface area contributed by atoms with Gasteiger partial charge in [0.1, 0.15) is 12.6 Å². The Morgan fingerprint density at radius 1 is 1.00 bits per heavy atom. The van der Waals surface area contributed by atoms with Crippen LogP contribution in [0.3, 0.4) is 0 Å². The summed E-state index contributed by atoms with van der Waals surface area (Å²) in [4.78, 5) is 36.6. The van der Waals surface area contributed by atoms with Gasteiger partial charge in [-0.15, -0.1) is 0 Å². The standard InChI is InChI=1S/C27H34N2O6/c1-4-17(3)25(26(32)28-15-18(34-5-2)14-24(30)31)29-27(33)35-16-23-21-12-8-6-10-19(21)20-11-7-9-13-22(20)23/h6-13,17-18,23,25H,4-5,14-16H2,1-3H3,(H,28,32)(H,29,33)(H,30,31)/t17-,18?,25-/m0/s1. The summed E-state index contributed by atoms with van der Waals surface area (Å²) in [7, 11) is 0. The molecular formula is C27H34N2O6. The Morgan fingerprint density at radius 2 is 1.60 bits per heavy atom. The number of aliphatic carboxylic acids is 1. The van der Waals surface area contributed by atoms with E-state index in [9.17, 15) is 14.4 Å². The van der Waals surface area contributed by atoms with Crippen LogP contribution in [0, 0.1) is 5.92 Å². The van der Waals surface area contributed by atoms with Crippen LogP contribution in [0.15, 0.2) is 48.5 Å². The fourth-order valence-electron chi connectivity index (χ4n) is 4.41. The lowest BCUT2D eigenvalue weighted by molar-refractivity contribution is -0.140. The van der Waals surface area contributed by atoms with E-state index in [0.29, 0.717) is 13.0 Å². The van der Waals surface area contributed by atoms with E-state index in [1.54, 1.807) is 6.92 Å². The molecule has 188 valence electrons. The molecule has 3 N–H and O–H groups in total. The minimum atomic E-state index is -1.01. The summed E-state index contributed by atoms with van der Waals surface area (Å²) in [6, 6.07) is 15.3. The Bertz CT molecular complexity index is 994. The van der Waals surface area contributed by atoms with Crippen molar-refractivity contribution in [2.75, 3.05) is 19.8 Å². The molecule has 0 saturated carbocycles. The monoisotopic (exact) mass is 482 g/mol. The first kappa shape index (κ1) is 26.2. The topological polar surface area (TPSA) is 114 Å². The van der Waals surface area contributed by atoms with Crippen LogP contribution < -0.4 is 10.6 Å². The van der Waals surface area contributed by atoms with Crippen LogP contribution in [0.5, 0.6) is 0 Å². The van der Waals surface area contributed by atoms with Crippen molar-refractivity contribution in [1.29, 1.82) is 0 Å². The van der Waals surface area contributed by atoms with E-state index in [2.05, 4.69) is 22.8 Å². The highest BCUT2D eigenvalue weighted by Crippen LogP contribution is 2.44. The summed E-state index contributed by atoms with van der Waals surface area (Å²) in [5.41, 5.74) is 4.49. The van der Waals surface area contributed by atoms with E-state index in [4.69, 9.17) is 14.6 Å². The van der Waals surface area contributed by atoms with Gasteiger partial charge in [0.05, 0.1) is 12.5 Å². The summed E-state index contributed by atoms with van der Waals surface area (Å²) in [6.45, 7) is 6.08. The fraction of sp³-hybridized carbons (Fsp3) is 0.444. The molecule has 1 unspecified atom stereocenters. The van der Waals surface area contributed by atoms with Crippen LogP contribution in [-0.4, -0.2) is 55.0 Å². The number of alkyl carbamates (subject to hydrolysis) is 1. The number of nitrogens with one attached hydrogen (secondary N) is 2. The third-order valence-corrected chi connectivity index (χ3v) is 6.42. The summed E-state index contributed by atoms with van der Waals surface area (Å²) < 4.78 is 11.0. The second-order valence-corrected chi connectivity index (χ2v) is 8.75. The predicted octanol–water partition coefficient (Wildman–Crippen LogP) is 3.94. The molecule has 3 atom stereocenters. The van der Waals surface area contributed by atoms with Gasteiger partial charge in [-0.1, -0.05) is 68.8 Å². The van der Waals surface area contributed by atoms with Crippen molar-refractivity contribution in [2.24, 2.45) is 5.92 Å². The number of carbonyl (C=O) groups excluding carboxylic acids is 2. The normalized spacial score (nSPS) is 14.8. The first-order valence-electron chi connectivity index (χ1n) is 12.1. The lowest BCUT2D eigenvalue weighted by atomic mass is 9.98. The molecule has 8 heteroatoms. The molecule has 0 spiro atoms. The zero-order chi connectivity index (χ0) is 25.4. The van der Waals surface area contributed by atoms with Crippen molar-refractivity contribution in [3.8, 4) is 11.1 Å². The first-order chi connectivity index (χ1) is 16.8. The van der Waals surface area contributed by atoms with E-state index in [1.165, 1.54) is 0 Å². The molecule has 0 radical (unpaired) electrons. The largest absolute Gasteiger partial charge is 0.481 e. The Balaban J connectivity index is 1.62. The number of rotatable bonds is 12. The molecule has 2 aromatic rings. The Labute approximate surface area is 206 Å². The average Bonchev–Trinajstić information content (AvgIpc) is 3.17. The van der Waals surface area contributed by atoms with Crippen molar-refractivity contribution in [2.45, 2.75) is 51.7 Å². The minimum absolute atomic E-state index is 0.0400. The van der Waals surface area contributed by atoms with Crippen molar-refractivity contribution < 1.29 is 29.0 Å². The number of ether oxygens (including phenoxy) is 2. The van der Waals surface area contributed by atoms with Crippen LogP contribution in [0.2, 0.25) is 0 Å². The fourth-order valence-corrected chi connectivity index (χ4v) is 4.41. The van der Waals surface area contributed by atoms with Gasteiger partial charge >= 0.3 is 12.1 Å². The molecule has 0 bridgehead atoms. The molecule has 0 aliphatic heterocycles. The molecule has 2 amide bonds. The zero-order valence-electron chi connectivity index (χ0n) is 20.5. The van der Waals surface area contributed by atoms with Gasteiger partial charge in [0.15, 0.2) is 0 Å². The number of hydrogen-bond donors (Lipinski definition) is 3. The van der Waals surface area contributed by atoms with Crippen LogP contribution in [0.4, 0.5) is 4.79 Å². The maximum atomic E-state index is 12.9. The Kier molecular flexibility index (Phi) is 9.25. The lowest BCUT2D eigenvalue weighted by Crippen LogP contribution is -2.52. The van der Waals surface area contributed by atoms with E-state index >= 15 is 0 Å². The molecule has 0 aromatic heterocycles. The van der Waals surface area contributed by atoms with Gasteiger partial charge in [0.2, 0.25) is 5.91 Å². The zero-order valence-corrected chi connectivity index (χ0v) is 20.5. The van der Waals surface area contributed by atoms with Crippen LogP contribution in [-0.2, 0) is 19.1 Å². The second kappa shape index (κ2) is 12.4. The molecule has 0 saturated heterocycles. The third kappa shape index (κ3) is 6.60. The molecule has 0 fully saturated rings. The first-order valence-corrected chi connectivity index (χ1v) is 12.1.